The maximum Gasteiger partial charge on any atom is 0.309 e. The molecule has 1 unspecified atom stereocenters. The fraction of sp³-hybridized carbons (Fsp3) is 0.613. The van der Waals surface area contributed by atoms with Gasteiger partial charge in [0.05, 0.1) is 40.9 Å². The lowest BCUT2D eigenvalue weighted by atomic mass is 9.57. The summed E-state index contributed by atoms with van der Waals surface area (Å²) in [6.45, 7) is 3.83. The summed E-state index contributed by atoms with van der Waals surface area (Å²) in [6.07, 6.45) is 5.41. The highest BCUT2D eigenvalue weighted by atomic mass is 35.5. The van der Waals surface area contributed by atoms with Crippen LogP contribution in [-0.2, 0) is 9.59 Å². The number of fused-ring (bicyclic) bond motifs is 3. The first kappa shape index (κ1) is 33.3. The molecule has 2 bridgehead atoms. The number of halogens is 3. The SMILES string of the molecule is COc1cccc(Cl)c1C(=O)CN(C(=O)/C(C=N)=C(/NC12CCC(C(=O)O)(CC1)CC2)C(F)(F)P)C1CCC(C)(C)CC1. The molecule has 4 fully saturated rings. The van der Waals surface area contributed by atoms with Crippen molar-refractivity contribution in [2.75, 3.05) is 13.7 Å². The minimum atomic E-state index is -3.59. The fourth-order valence-electron chi connectivity index (χ4n) is 6.93. The van der Waals surface area contributed by atoms with Gasteiger partial charge in [-0.2, -0.15) is 8.78 Å². The van der Waals surface area contributed by atoms with E-state index in [4.69, 9.17) is 21.7 Å². The van der Waals surface area contributed by atoms with Crippen molar-refractivity contribution in [1.29, 1.82) is 5.41 Å². The summed E-state index contributed by atoms with van der Waals surface area (Å²) in [4.78, 5) is 41.1. The average Bonchev–Trinajstić information content (AvgIpc) is 2.96. The highest BCUT2D eigenvalue weighted by molar-refractivity contribution is 7.18. The molecule has 5 rings (SSSR count). The molecular weight excluding hydrogens is 599 g/mol. The average molecular weight is 640 g/mol. The summed E-state index contributed by atoms with van der Waals surface area (Å²) >= 11 is 6.36. The predicted octanol–water partition coefficient (Wildman–Crippen LogP) is 6.47. The molecule has 0 radical (unpaired) electrons. The third-order valence-corrected chi connectivity index (χ3v) is 10.5. The number of aliphatic carboxylic acids is 1. The number of amides is 1. The van der Waals surface area contributed by atoms with E-state index in [2.05, 4.69) is 19.2 Å². The van der Waals surface area contributed by atoms with Crippen LogP contribution in [0.25, 0.3) is 0 Å². The van der Waals surface area contributed by atoms with Crippen LogP contribution in [0.5, 0.6) is 5.75 Å². The van der Waals surface area contributed by atoms with E-state index in [0.717, 1.165) is 12.8 Å². The van der Waals surface area contributed by atoms with Crippen molar-refractivity contribution in [2.24, 2.45) is 10.8 Å². The Labute approximate surface area is 258 Å². The number of hydrogen-bond acceptors (Lipinski definition) is 6. The van der Waals surface area contributed by atoms with Crippen LogP contribution in [0, 0.1) is 16.2 Å². The molecule has 1 atom stereocenters. The Morgan fingerprint density at radius 2 is 1.72 bits per heavy atom. The smallest absolute Gasteiger partial charge is 0.309 e. The van der Waals surface area contributed by atoms with Crippen LogP contribution in [0.2, 0.25) is 5.02 Å². The van der Waals surface area contributed by atoms with Crippen LogP contribution >= 0.6 is 20.8 Å². The van der Waals surface area contributed by atoms with Crippen LogP contribution in [0.4, 0.5) is 8.78 Å². The van der Waals surface area contributed by atoms with E-state index in [0.29, 0.717) is 57.6 Å². The molecule has 4 aliphatic carbocycles. The van der Waals surface area contributed by atoms with E-state index in [1.54, 1.807) is 18.2 Å². The number of nitrogens with zero attached hydrogens (tertiary/aromatic N) is 1. The lowest BCUT2D eigenvalue weighted by Gasteiger charge is -2.52. The number of benzene rings is 1. The molecule has 3 N–H and O–H groups in total. The summed E-state index contributed by atoms with van der Waals surface area (Å²) in [5.41, 5.74) is -6.35. The molecule has 43 heavy (non-hydrogen) atoms. The molecule has 0 heterocycles. The van der Waals surface area contributed by atoms with Crippen molar-refractivity contribution in [1.82, 2.24) is 10.2 Å². The molecule has 1 aromatic carbocycles. The number of rotatable bonds is 11. The van der Waals surface area contributed by atoms with E-state index in [1.807, 2.05) is 0 Å². The zero-order chi connectivity index (χ0) is 31.8. The second-order valence-electron chi connectivity index (χ2n) is 13.1. The van der Waals surface area contributed by atoms with E-state index >= 15 is 8.78 Å². The summed E-state index contributed by atoms with van der Waals surface area (Å²) in [5, 5.41) is 21.0. The van der Waals surface area contributed by atoms with Gasteiger partial charge in [-0.1, -0.05) is 40.8 Å². The maximum atomic E-state index is 15.3. The molecule has 0 spiro atoms. The number of carbonyl (C=O) groups is 3. The van der Waals surface area contributed by atoms with Crippen molar-refractivity contribution >= 4 is 44.7 Å². The van der Waals surface area contributed by atoms with Gasteiger partial charge in [-0.3, -0.25) is 14.4 Å². The molecular formula is C31H41ClF2N3O5P. The van der Waals surface area contributed by atoms with Crippen LogP contribution < -0.4 is 10.1 Å². The standard InChI is InChI=1S/C31H41ClF2N3O5P/c1-28(2)9-7-19(8-10-28)37(18-22(38)24-21(32)5-4-6-23(24)42-3)26(39)20(17-35)25(31(33,34)43)36-30-14-11-29(12-15-30,13-16-30)27(40)41/h4-6,17,19,35-36H,7-16,18,43H2,1-3H3,(H,40,41)/b25-20+,35-17?. The van der Waals surface area contributed by atoms with Gasteiger partial charge in [0.1, 0.15) is 5.75 Å². The zero-order valence-electron chi connectivity index (χ0n) is 24.9. The van der Waals surface area contributed by atoms with Gasteiger partial charge < -0.3 is 25.5 Å². The Hall–Kier alpha value is -2.58. The second kappa shape index (κ2) is 12.4. The molecule has 8 nitrogen and oxygen atoms in total. The molecule has 12 heteroatoms. The number of methoxy groups -OCH3 is 1. The van der Waals surface area contributed by atoms with E-state index in [9.17, 15) is 19.5 Å². The van der Waals surface area contributed by atoms with E-state index < -0.39 is 58.1 Å². The third kappa shape index (κ3) is 6.90. The molecule has 4 saturated carbocycles. The number of carboxylic acid groups (broad SMARTS) is 1. The lowest BCUT2D eigenvalue weighted by Crippen LogP contribution is -2.58. The Kier molecular flexibility index (Phi) is 9.63. The number of ketones is 1. The number of carbonyl (C=O) groups excluding carboxylic acids is 2. The van der Waals surface area contributed by atoms with Gasteiger partial charge in [0.25, 0.3) is 11.6 Å². The van der Waals surface area contributed by atoms with Gasteiger partial charge in [0.15, 0.2) is 5.78 Å². The number of Topliss-reactive ketones (excluding diaryl/α,β-unsaturated/α-hetero) is 1. The van der Waals surface area contributed by atoms with Gasteiger partial charge in [-0.15, -0.1) is 0 Å². The topological polar surface area (TPSA) is 120 Å². The number of hydrogen-bond donors (Lipinski definition) is 3. The Morgan fingerprint density at radius 3 is 2.21 bits per heavy atom. The highest BCUT2D eigenvalue weighted by Gasteiger charge is 2.54. The van der Waals surface area contributed by atoms with Crippen molar-refractivity contribution in [3.63, 3.8) is 0 Å². The van der Waals surface area contributed by atoms with Crippen molar-refractivity contribution in [3.8, 4) is 5.75 Å². The molecule has 1 amide bonds. The van der Waals surface area contributed by atoms with Gasteiger partial charge in [-0.05, 0) is 81.8 Å². The molecule has 236 valence electrons. The van der Waals surface area contributed by atoms with Crippen LogP contribution in [0.3, 0.4) is 0 Å². The number of alkyl halides is 2. The minimum Gasteiger partial charge on any atom is -0.496 e. The van der Waals surface area contributed by atoms with Crippen LogP contribution in [0.1, 0.15) is 88.4 Å². The first-order chi connectivity index (χ1) is 20.1. The summed E-state index contributed by atoms with van der Waals surface area (Å²) < 4.78 is 36.0. The minimum absolute atomic E-state index is 0.0352. The highest BCUT2D eigenvalue weighted by Crippen LogP contribution is 2.53. The molecule has 1 aromatic rings. The quantitative estimate of drug-likeness (QED) is 0.111. The third-order valence-electron chi connectivity index (χ3n) is 9.87. The zero-order valence-corrected chi connectivity index (χ0v) is 26.8. The van der Waals surface area contributed by atoms with E-state index in [1.165, 1.54) is 21.2 Å². The maximum absolute atomic E-state index is 15.3. The number of ether oxygens (including phenoxy) is 1. The first-order valence-corrected chi connectivity index (χ1v) is 15.6. The Balaban J connectivity index is 1.72. The summed E-state index contributed by atoms with van der Waals surface area (Å²) in [6, 6.07) is 4.35. The van der Waals surface area contributed by atoms with Crippen molar-refractivity contribution < 1.29 is 33.0 Å². The Morgan fingerprint density at radius 1 is 1.14 bits per heavy atom. The predicted molar refractivity (Wildman–Crippen MR) is 164 cm³/mol. The number of carboxylic acids is 1. The van der Waals surface area contributed by atoms with Crippen LogP contribution in [-0.4, -0.2) is 64.8 Å². The monoisotopic (exact) mass is 639 g/mol. The molecule has 0 aromatic heterocycles. The fourth-order valence-corrected chi connectivity index (χ4v) is 7.43. The lowest BCUT2D eigenvalue weighted by molar-refractivity contribution is -0.156. The molecule has 4 aliphatic rings. The van der Waals surface area contributed by atoms with Crippen molar-refractivity contribution in [3.05, 3.63) is 40.1 Å². The molecule has 0 aliphatic heterocycles. The van der Waals surface area contributed by atoms with Crippen LogP contribution in [0.15, 0.2) is 29.5 Å². The van der Waals surface area contributed by atoms with Gasteiger partial charge in [-0.25, -0.2) is 0 Å². The summed E-state index contributed by atoms with van der Waals surface area (Å²) in [7, 11) is 2.86. The largest absolute Gasteiger partial charge is 0.496 e. The normalized spacial score (nSPS) is 25.8. The first-order valence-electron chi connectivity index (χ1n) is 14.7. The van der Waals surface area contributed by atoms with Gasteiger partial charge in [0.2, 0.25) is 0 Å². The number of allylic oxidation sites excluding steroid dienone is 1. The summed E-state index contributed by atoms with van der Waals surface area (Å²) in [5.74, 6) is -1.97. The number of nitrogens with one attached hydrogen (secondary N) is 2. The Bertz CT molecular complexity index is 1290. The van der Waals surface area contributed by atoms with Crippen molar-refractivity contribution in [2.45, 2.75) is 95.3 Å². The van der Waals surface area contributed by atoms with Gasteiger partial charge in [0, 0.05) is 17.8 Å². The van der Waals surface area contributed by atoms with E-state index in [-0.39, 0.29) is 21.8 Å². The second-order valence-corrected chi connectivity index (χ2v) is 14.2. The molecule has 0 saturated heterocycles. The van der Waals surface area contributed by atoms with Gasteiger partial charge >= 0.3 is 5.97 Å².